The van der Waals surface area contributed by atoms with Crippen molar-refractivity contribution in [2.24, 2.45) is 5.92 Å². The number of carboxylic acids is 1. The number of oxazole rings is 1. The van der Waals surface area contributed by atoms with Crippen LogP contribution in [0.4, 0.5) is 0 Å². The highest BCUT2D eigenvalue weighted by molar-refractivity contribution is 5.76. The summed E-state index contributed by atoms with van der Waals surface area (Å²) in [6, 6.07) is 8.08. The first-order chi connectivity index (χ1) is 12.5. The van der Waals surface area contributed by atoms with E-state index in [9.17, 15) is 9.59 Å². The average Bonchev–Trinajstić information content (AvgIpc) is 3.10. The fourth-order valence-electron chi connectivity index (χ4n) is 3.28. The van der Waals surface area contributed by atoms with Crippen LogP contribution in [0.5, 0.6) is 0 Å². The molecule has 1 amide bonds. The molecule has 1 saturated carbocycles. The lowest BCUT2D eigenvalue weighted by molar-refractivity contribution is -0.142. The van der Waals surface area contributed by atoms with Gasteiger partial charge in [0, 0.05) is 24.4 Å². The Labute approximate surface area is 152 Å². The highest BCUT2D eigenvalue weighted by atomic mass is 16.4. The van der Waals surface area contributed by atoms with Crippen LogP contribution < -0.4 is 5.32 Å². The van der Waals surface area contributed by atoms with Crippen molar-refractivity contribution in [3.8, 4) is 11.3 Å². The molecule has 2 aromatic rings. The number of carbonyl (C=O) groups excluding carboxylic acids is 1. The molecule has 1 aromatic carbocycles. The molecule has 0 spiro atoms. The zero-order valence-corrected chi connectivity index (χ0v) is 14.9. The monoisotopic (exact) mass is 356 g/mol. The molecule has 0 bridgehead atoms. The molecule has 1 aromatic heterocycles. The third-order valence-corrected chi connectivity index (χ3v) is 4.90. The maximum atomic E-state index is 12.1. The smallest absolute Gasteiger partial charge is 0.306 e. The number of amides is 1. The van der Waals surface area contributed by atoms with Crippen LogP contribution in [-0.4, -0.2) is 28.0 Å². The molecule has 2 N–H and O–H groups in total. The van der Waals surface area contributed by atoms with Crippen molar-refractivity contribution in [2.45, 2.75) is 51.5 Å². The number of hydrogen-bond acceptors (Lipinski definition) is 4. The van der Waals surface area contributed by atoms with Gasteiger partial charge in [-0.1, -0.05) is 29.8 Å². The number of hydrogen-bond donors (Lipinski definition) is 2. The summed E-state index contributed by atoms with van der Waals surface area (Å²) in [7, 11) is 0. The third kappa shape index (κ3) is 4.71. The minimum Gasteiger partial charge on any atom is -0.481 e. The van der Waals surface area contributed by atoms with Gasteiger partial charge in [0.25, 0.3) is 0 Å². The Balaban J connectivity index is 1.45. The van der Waals surface area contributed by atoms with Crippen molar-refractivity contribution in [2.75, 3.05) is 0 Å². The summed E-state index contributed by atoms with van der Waals surface area (Å²) in [6.45, 7) is 2.03. The Kier molecular flexibility index (Phi) is 5.71. The highest BCUT2D eigenvalue weighted by Crippen LogP contribution is 2.25. The number of aryl methyl sites for hydroxylation is 2. The number of nitrogens with zero attached hydrogens (tertiary/aromatic N) is 1. The lowest BCUT2D eigenvalue weighted by Crippen LogP contribution is -2.38. The maximum absolute atomic E-state index is 12.1. The predicted molar refractivity (Wildman–Crippen MR) is 96.5 cm³/mol. The molecule has 0 atom stereocenters. The second kappa shape index (κ2) is 8.17. The molecule has 1 aliphatic carbocycles. The third-order valence-electron chi connectivity index (χ3n) is 4.90. The van der Waals surface area contributed by atoms with E-state index < -0.39 is 5.97 Å². The van der Waals surface area contributed by atoms with Crippen LogP contribution in [0.1, 0.15) is 43.6 Å². The summed E-state index contributed by atoms with van der Waals surface area (Å²) in [6.07, 6.45) is 5.14. The van der Waals surface area contributed by atoms with E-state index in [1.54, 1.807) is 6.20 Å². The lowest BCUT2D eigenvalue weighted by atomic mass is 9.86. The largest absolute Gasteiger partial charge is 0.481 e. The first-order valence-electron chi connectivity index (χ1n) is 9.05. The predicted octanol–water partition coefficient (Wildman–Crippen LogP) is 3.34. The molecule has 6 nitrogen and oxygen atoms in total. The van der Waals surface area contributed by atoms with Crippen LogP contribution in [0.3, 0.4) is 0 Å². The molecule has 0 unspecified atom stereocenters. The van der Waals surface area contributed by atoms with Gasteiger partial charge in [-0.15, -0.1) is 0 Å². The van der Waals surface area contributed by atoms with Crippen LogP contribution in [0.2, 0.25) is 0 Å². The summed E-state index contributed by atoms with van der Waals surface area (Å²) >= 11 is 0. The number of carbonyl (C=O) groups is 2. The Hall–Kier alpha value is -2.63. The second-order valence-corrected chi connectivity index (χ2v) is 6.94. The summed E-state index contributed by atoms with van der Waals surface area (Å²) in [5.41, 5.74) is 2.15. The van der Waals surface area contributed by atoms with Crippen LogP contribution in [0.15, 0.2) is 34.9 Å². The van der Waals surface area contributed by atoms with E-state index in [1.807, 2.05) is 31.2 Å². The SMILES string of the molecule is Cc1ccc(-c2cnc(CCC(=O)NC3CCC(C(=O)O)CC3)o2)cc1. The Morgan fingerprint density at radius 3 is 2.54 bits per heavy atom. The van der Waals surface area contributed by atoms with Crippen LogP contribution in [0, 0.1) is 12.8 Å². The molecule has 1 fully saturated rings. The molecule has 1 aliphatic rings. The van der Waals surface area contributed by atoms with Gasteiger partial charge >= 0.3 is 5.97 Å². The lowest BCUT2D eigenvalue weighted by Gasteiger charge is -2.26. The van der Waals surface area contributed by atoms with Crippen molar-refractivity contribution in [3.63, 3.8) is 0 Å². The van der Waals surface area contributed by atoms with Gasteiger partial charge in [-0.3, -0.25) is 9.59 Å². The van der Waals surface area contributed by atoms with E-state index in [0.717, 1.165) is 18.4 Å². The molecular formula is C20H24N2O4. The van der Waals surface area contributed by atoms with Crippen molar-refractivity contribution >= 4 is 11.9 Å². The number of aliphatic carboxylic acids is 1. The molecule has 6 heteroatoms. The Morgan fingerprint density at radius 2 is 1.88 bits per heavy atom. The minimum absolute atomic E-state index is 0.0427. The highest BCUT2D eigenvalue weighted by Gasteiger charge is 2.26. The number of nitrogens with one attached hydrogen (secondary N) is 1. The summed E-state index contributed by atoms with van der Waals surface area (Å²) in [4.78, 5) is 27.3. The van der Waals surface area contributed by atoms with Gasteiger partial charge in [-0.25, -0.2) is 4.98 Å². The zero-order valence-electron chi connectivity index (χ0n) is 14.9. The van der Waals surface area contributed by atoms with Gasteiger partial charge in [0.05, 0.1) is 12.1 Å². The van der Waals surface area contributed by atoms with Gasteiger partial charge in [0.15, 0.2) is 11.7 Å². The number of aromatic nitrogens is 1. The normalized spacial score (nSPS) is 19.9. The van der Waals surface area contributed by atoms with E-state index >= 15 is 0 Å². The fraction of sp³-hybridized carbons (Fsp3) is 0.450. The molecule has 26 heavy (non-hydrogen) atoms. The minimum atomic E-state index is -0.733. The van der Waals surface area contributed by atoms with E-state index in [-0.39, 0.29) is 17.9 Å². The number of rotatable bonds is 6. The average molecular weight is 356 g/mol. The standard InChI is InChI=1S/C20H24N2O4/c1-13-2-4-14(5-3-13)17-12-21-19(26-17)11-10-18(23)22-16-8-6-15(7-9-16)20(24)25/h2-5,12,15-16H,6-11H2,1H3,(H,22,23)(H,24,25). The summed E-state index contributed by atoms with van der Waals surface area (Å²) in [5.74, 6) is 0.204. The van der Waals surface area contributed by atoms with E-state index in [1.165, 1.54) is 5.56 Å². The van der Waals surface area contributed by atoms with Crippen LogP contribution >= 0.6 is 0 Å². The van der Waals surface area contributed by atoms with Gasteiger partial charge in [-0.05, 0) is 32.6 Å². The van der Waals surface area contributed by atoms with Crippen molar-refractivity contribution in [3.05, 3.63) is 41.9 Å². The molecule has 0 aliphatic heterocycles. The quantitative estimate of drug-likeness (QED) is 0.828. The van der Waals surface area contributed by atoms with Crippen molar-refractivity contribution in [1.29, 1.82) is 0 Å². The van der Waals surface area contributed by atoms with Crippen molar-refractivity contribution in [1.82, 2.24) is 10.3 Å². The second-order valence-electron chi connectivity index (χ2n) is 6.94. The fourth-order valence-corrected chi connectivity index (χ4v) is 3.28. The van der Waals surface area contributed by atoms with Gasteiger partial charge in [0.2, 0.25) is 5.91 Å². The molecule has 1 heterocycles. The first kappa shape index (κ1) is 18.2. The van der Waals surface area contributed by atoms with E-state index in [2.05, 4.69) is 10.3 Å². The number of benzene rings is 1. The first-order valence-corrected chi connectivity index (χ1v) is 9.05. The molecule has 138 valence electrons. The van der Waals surface area contributed by atoms with Crippen molar-refractivity contribution < 1.29 is 19.1 Å². The van der Waals surface area contributed by atoms with Gasteiger partial charge in [0.1, 0.15) is 0 Å². The van der Waals surface area contributed by atoms with E-state index in [4.69, 9.17) is 9.52 Å². The molecular weight excluding hydrogens is 332 g/mol. The topological polar surface area (TPSA) is 92.4 Å². The van der Waals surface area contributed by atoms with Crippen LogP contribution in [0.25, 0.3) is 11.3 Å². The Bertz CT molecular complexity index is 758. The maximum Gasteiger partial charge on any atom is 0.306 e. The number of carboxylic acid groups (broad SMARTS) is 1. The molecule has 0 radical (unpaired) electrons. The zero-order chi connectivity index (χ0) is 18.5. The molecule has 0 saturated heterocycles. The van der Waals surface area contributed by atoms with Crippen LogP contribution in [-0.2, 0) is 16.0 Å². The summed E-state index contributed by atoms with van der Waals surface area (Å²) < 4.78 is 5.73. The Morgan fingerprint density at radius 1 is 1.19 bits per heavy atom. The summed E-state index contributed by atoms with van der Waals surface area (Å²) in [5, 5.41) is 12.0. The van der Waals surface area contributed by atoms with Gasteiger partial charge in [-0.2, -0.15) is 0 Å². The van der Waals surface area contributed by atoms with Gasteiger partial charge < -0.3 is 14.8 Å². The van der Waals surface area contributed by atoms with E-state index in [0.29, 0.717) is 37.3 Å². The molecule has 3 rings (SSSR count).